The molecular formula is C12H23IN4S. The highest BCUT2D eigenvalue weighted by atomic mass is 127. The summed E-state index contributed by atoms with van der Waals surface area (Å²) < 4.78 is 0. The van der Waals surface area contributed by atoms with E-state index in [-0.39, 0.29) is 24.0 Å². The molecule has 4 nitrogen and oxygen atoms in total. The van der Waals surface area contributed by atoms with Crippen LogP contribution in [0.3, 0.4) is 0 Å². The molecule has 0 aromatic carbocycles. The SMILES string of the molecule is CCCN=C(NCC)NCCc1csc(C)n1.I. The quantitative estimate of drug-likeness (QED) is 0.452. The molecular weight excluding hydrogens is 359 g/mol. The van der Waals surface area contributed by atoms with Gasteiger partial charge in [0.2, 0.25) is 0 Å². The molecule has 0 aliphatic heterocycles. The predicted octanol–water partition coefficient (Wildman–Crippen LogP) is 2.58. The Bertz CT molecular complexity index is 352. The van der Waals surface area contributed by atoms with Crippen LogP contribution in [-0.2, 0) is 6.42 Å². The highest BCUT2D eigenvalue weighted by Crippen LogP contribution is 2.07. The molecule has 0 atom stereocenters. The zero-order valence-electron chi connectivity index (χ0n) is 11.3. The summed E-state index contributed by atoms with van der Waals surface area (Å²) in [7, 11) is 0. The van der Waals surface area contributed by atoms with Crippen LogP contribution in [0.5, 0.6) is 0 Å². The second-order valence-corrected chi connectivity index (χ2v) is 4.86. The summed E-state index contributed by atoms with van der Waals surface area (Å²) in [5, 5.41) is 9.80. The Labute approximate surface area is 131 Å². The van der Waals surface area contributed by atoms with Crippen LogP contribution in [0.15, 0.2) is 10.4 Å². The first kappa shape index (κ1) is 17.6. The van der Waals surface area contributed by atoms with Crippen LogP contribution in [0, 0.1) is 6.92 Å². The number of aliphatic imine (C=N–C) groups is 1. The molecule has 104 valence electrons. The maximum atomic E-state index is 4.44. The third-order valence-corrected chi connectivity index (χ3v) is 3.00. The summed E-state index contributed by atoms with van der Waals surface area (Å²) in [5.41, 5.74) is 1.16. The van der Waals surface area contributed by atoms with E-state index in [4.69, 9.17) is 0 Å². The van der Waals surface area contributed by atoms with E-state index in [2.05, 4.69) is 39.8 Å². The number of hydrogen-bond acceptors (Lipinski definition) is 3. The van der Waals surface area contributed by atoms with E-state index < -0.39 is 0 Å². The van der Waals surface area contributed by atoms with Crippen LogP contribution in [0.25, 0.3) is 0 Å². The summed E-state index contributed by atoms with van der Waals surface area (Å²) >= 11 is 1.70. The fourth-order valence-corrected chi connectivity index (χ4v) is 2.04. The number of nitrogens with one attached hydrogen (secondary N) is 2. The summed E-state index contributed by atoms with van der Waals surface area (Å²) in [6.07, 6.45) is 2.02. The number of nitrogens with zero attached hydrogens (tertiary/aromatic N) is 2. The van der Waals surface area contributed by atoms with Crippen LogP contribution in [0.4, 0.5) is 0 Å². The molecule has 0 unspecified atom stereocenters. The van der Waals surface area contributed by atoms with Gasteiger partial charge in [-0.25, -0.2) is 4.98 Å². The van der Waals surface area contributed by atoms with Gasteiger partial charge in [-0.3, -0.25) is 4.99 Å². The van der Waals surface area contributed by atoms with Crippen molar-refractivity contribution in [1.82, 2.24) is 15.6 Å². The van der Waals surface area contributed by atoms with Crippen molar-refractivity contribution in [2.24, 2.45) is 4.99 Å². The lowest BCUT2D eigenvalue weighted by atomic mass is 10.3. The van der Waals surface area contributed by atoms with Crippen LogP contribution >= 0.6 is 35.3 Å². The van der Waals surface area contributed by atoms with E-state index in [0.717, 1.165) is 49.1 Å². The van der Waals surface area contributed by atoms with Gasteiger partial charge in [0.1, 0.15) is 0 Å². The second kappa shape index (κ2) is 10.5. The molecule has 18 heavy (non-hydrogen) atoms. The number of halogens is 1. The molecule has 0 radical (unpaired) electrons. The topological polar surface area (TPSA) is 49.3 Å². The molecule has 0 aliphatic carbocycles. The minimum atomic E-state index is 0. The van der Waals surface area contributed by atoms with Crippen molar-refractivity contribution in [3.8, 4) is 0 Å². The van der Waals surface area contributed by atoms with Gasteiger partial charge in [0.25, 0.3) is 0 Å². The third kappa shape index (κ3) is 7.15. The van der Waals surface area contributed by atoms with Crippen LogP contribution in [0.2, 0.25) is 0 Å². The Morgan fingerprint density at radius 1 is 1.39 bits per heavy atom. The van der Waals surface area contributed by atoms with Gasteiger partial charge in [-0.05, 0) is 20.3 Å². The molecule has 0 aliphatic rings. The summed E-state index contributed by atoms with van der Waals surface area (Å²) in [5.74, 6) is 0.904. The molecule has 2 N–H and O–H groups in total. The number of hydrogen-bond donors (Lipinski definition) is 2. The molecule has 0 saturated carbocycles. The molecule has 0 amide bonds. The van der Waals surface area contributed by atoms with Gasteiger partial charge in [0.15, 0.2) is 5.96 Å². The molecule has 0 spiro atoms. The molecule has 0 bridgehead atoms. The second-order valence-electron chi connectivity index (χ2n) is 3.80. The standard InChI is InChI=1S/C12H22N4S.HI/c1-4-7-14-12(13-5-2)15-8-6-11-9-17-10(3)16-11;/h9H,4-8H2,1-3H3,(H2,13,14,15);1H. The minimum Gasteiger partial charge on any atom is -0.357 e. The van der Waals surface area contributed by atoms with E-state index in [9.17, 15) is 0 Å². The first-order valence-corrected chi connectivity index (χ1v) is 7.07. The Morgan fingerprint density at radius 3 is 2.72 bits per heavy atom. The van der Waals surface area contributed by atoms with Crippen LogP contribution < -0.4 is 10.6 Å². The Hall–Kier alpha value is -0.370. The molecule has 6 heteroatoms. The van der Waals surface area contributed by atoms with Crippen molar-refractivity contribution in [2.75, 3.05) is 19.6 Å². The molecule has 0 saturated heterocycles. The van der Waals surface area contributed by atoms with Gasteiger partial charge in [-0.2, -0.15) is 0 Å². The van der Waals surface area contributed by atoms with Gasteiger partial charge in [0, 0.05) is 31.4 Å². The smallest absolute Gasteiger partial charge is 0.191 e. The van der Waals surface area contributed by atoms with E-state index in [1.807, 2.05) is 6.92 Å². The monoisotopic (exact) mass is 382 g/mol. The van der Waals surface area contributed by atoms with E-state index in [1.165, 1.54) is 0 Å². The summed E-state index contributed by atoms with van der Waals surface area (Å²) in [6, 6.07) is 0. The lowest BCUT2D eigenvalue weighted by molar-refractivity contribution is 0.785. The van der Waals surface area contributed by atoms with Crippen molar-refractivity contribution in [3.05, 3.63) is 16.1 Å². The lowest BCUT2D eigenvalue weighted by Crippen LogP contribution is -2.38. The Morgan fingerprint density at radius 2 is 2.17 bits per heavy atom. The fourth-order valence-electron chi connectivity index (χ4n) is 1.40. The van der Waals surface area contributed by atoms with Gasteiger partial charge >= 0.3 is 0 Å². The van der Waals surface area contributed by atoms with Gasteiger partial charge in [-0.15, -0.1) is 35.3 Å². The van der Waals surface area contributed by atoms with Crippen LogP contribution in [-0.4, -0.2) is 30.6 Å². The third-order valence-electron chi connectivity index (χ3n) is 2.18. The van der Waals surface area contributed by atoms with Crippen molar-refractivity contribution in [3.63, 3.8) is 0 Å². The Kier molecular flexibility index (Phi) is 10.3. The van der Waals surface area contributed by atoms with E-state index in [1.54, 1.807) is 11.3 Å². The zero-order chi connectivity index (χ0) is 12.5. The normalized spacial score (nSPS) is 10.9. The lowest BCUT2D eigenvalue weighted by Gasteiger charge is -2.10. The highest BCUT2D eigenvalue weighted by molar-refractivity contribution is 14.0. The summed E-state index contributed by atoms with van der Waals surface area (Å²) in [4.78, 5) is 8.88. The molecule has 1 rings (SSSR count). The van der Waals surface area contributed by atoms with Crippen molar-refractivity contribution >= 4 is 41.3 Å². The maximum absolute atomic E-state index is 4.44. The number of guanidine groups is 1. The van der Waals surface area contributed by atoms with Crippen molar-refractivity contribution in [1.29, 1.82) is 0 Å². The van der Waals surface area contributed by atoms with Crippen molar-refractivity contribution in [2.45, 2.75) is 33.6 Å². The first-order chi connectivity index (χ1) is 8.26. The van der Waals surface area contributed by atoms with E-state index >= 15 is 0 Å². The first-order valence-electron chi connectivity index (χ1n) is 6.19. The highest BCUT2D eigenvalue weighted by Gasteiger charge is 1.99. The van der Waals surface area contributed by atoms with Gasteiger partial charge < -0.3 is 10.6 Å². The fraction of sp³-hybridized carbons (Fsp3) is 0.667. The van der Waals surface area contributed by atoms with Crippen LogP contribution in [0.1, 0.15) is 31.0 Å². The number of aryl methyl sites for hydroxylation is 1. The number of rotatable bonds is 6. The predicted molar refractivity (Wildman–Crippen MR) is 90.2 cm³/mol. The molecule has 1 aromatic rings. The van der Waals surface area contributed by atoms with Gasteiger partial charge in [-0.1, -0.05) is 6.92 Å². The minimum absolute atomic E-state index is 0. The largest absolute Gasteiger partial charge is 0.357 e. The molecule has 0 fully saturated rings. The summed E-state index contributed by atoms with van der Waals surface area (Å²) in [6.45, 7) is 8.88. The molecule has 1 aromatic heterocycles. The number of thiazole rings is 1. The zero-order valence-corrected chi connectivity index (χ0v) is 14.5. The number of aromatic nitrogens is 1. The van der Waals surface area contributed by atoms with Gasteiger partial charge in [0.05, 0.1) is 10.7 Å². The van der Waals surface area contributed by atoms with E-state index in [0.29, 0.717) is 0 Å². The van der Waals surface area contributed by atoms with Crippen molar-refractivity contribution < 1.29 is 0 Å². The average Bonchev–Trinajstić information content (AvgIpc) is 2.72. The average molecular weight is 382 g/mol. The Balaban J connectivity index is 0.00000289. The maximum Gasteiger partial charge on any atom is 0.191 e. The molecule has 1 heterocycles.